The van der Waals surface area contributed by atoms with Crippen LogP contribution in [0, 0.1) is 0 Å². The van der Waals surface area contributed by atoms with E-state index in [2.05, 4.69) is 86.4 Å². The van der Waals surface area contributed by atoms with Gasteiger partial charge in [-0.15, -0.1) is 4.40 Å². The van der Waals surface area contributed by atoms with Crippen LogP contribution in [0.4, 0.5) is 0 Å². The number of halogens is 1. The predicted octanol–water partition coefficient (Wildman–Crippen LogP) is 5.07. The molecular formula is C17H11BrNS+. The molecule has 3 heteroatoms. The fourth-order valence-electron chi connectivity index (χ4n) is 2.51. The van der Waals surface area contributed by atoms with Crippen molar-refractivity contribution in [3.05, 3.63) is 70.5 Å². The van der Waals surface area contributed by atoms with Gasteiger partial charge in [-0.1, -0.05) is 39.4 Å². The molecule has 4 rings (SSSR count). The standard InChI is InChI=1S/C17H11BrNS/c18-14-8-5-13(6-9-14)16-11-20-17-10-7-12-3-1-2-4-15(12)19(16)17/h1-11H/q+1. The molecule has 0 aliphatic carbocycles. The number of pyridine rings is 1. The molecule has 96 valence electrons. The van der Waals surface area contributed by atoms with Gasteiger partial charge in [0.1, 0.15) is 0 Å². The van der Waals surface area contributed by atoms with E-state index in [0.29, 0.717) is 0 Å². The summed E-state index contributed by atoms with van der Waals surface area (Å²) >= 11 is 5.27. The van der Waals surface area contributed by atoms with E-state index in [-0.39, 0.29) is 0 Å². The first-order valence-corrected chi connectivity index (χ1v) is 8.07. The SMILES string of the molecule is Brc1ccc(-c2csc3ccc4ccccc4[n+]23)cc1. The number of aromatic nitrogens is 1. The van der Waals surface area contributed by atoms with Gasteiger partial charge >= 0.3 is 0 Å². The molecule has 0 fully saturated rings. The first-order chi connectivity index (χ1) is 9.83. The van der Waals surface area contributed by atoms with Gasteiger partial charge in [-0.05, 0) is 36.4 Å². The van der Waals surface area contributed by atoms with E-state index in [0.717, 1.165) is 4.47 Å². The number of fused-ring (bicyclic) bond motifs is 3. The second kappa shape index (κ2) is 4.69. The van der Waals surface area contributed by atoms with Gasteiger partial charge in [0.05, 0.1) is 5.38 Å². The van der Waals surface area contributed by atoms with Crippen molar-refractivity contribution >= 4 is 43.0 Å². The van der Waals surface area contributed by atoms with Crippen molar-refractivity contribution in [2.45, 2.75) is 0 Å². The summed E-state index contributed by atoms with van der Waals surface area (Å²) in [5.41, 5.74) is 3.74. The van der Waals surface area contributed by atoms with Crippen LogP contribution >= 0.6 is 27.3 Å². The van der Waals surface area contributed by atoms with Gasteiger partial charge in [0.2, 0.25) is 11.2 Å². The number of nitrogens with zero attached hydrogens (tertiary/aromatic N) is 1. The third kappa shape index (κ3) is 1.86. The van der Waals surface area contributed by atoms with Crippen LogP contribution in [-0.4, -0.2) is 0 Å². The van der Waals surface area contributed by atoms with Gasteiger partial charge in [0.25, 0.3) is 4.83 Å². The summed E-state index contributed by atoms with van der Waals surface area (Å²) in [5, 5.41) is 3.49. The molecule has 0 unspecified atom stereocenters. The third-order valence-electron chi connectivity index (χ3n) is 3.48. The summed E-state index contributed by atoms with van der Waals surface area (Å²) < 4.78 is 3.44. The van der Waals surface area contributed by atoms with Crippen molar-refractivity contribution in [1.29, 1.82) is 0 Å². The Morgan fingerprint density at radius 3 is 2.50 bits per heavy atom. The van der Waals surface area contributed by atoms with Crippen LogP contribution in [0.2, 0.25) is 0 Å². The molecule has 0 saturated heterocycles. The van der Waals surface area contributed by atoms with Crippen molar-refractivity contribution in [2.75, 3.05) is 0 Å². The minimum absolute atomic E-state index is 1.11. The number of hydrogen-bond donors (Lipinski definition) is 0. The third-order valence-corrected chi connectivity index (χ3v) is 4.91. The van der Waals surface area contributed by atoms with Crippen LogP contribution in [0.3, 0.4) is 0 Å². The molecule has 0 spiro atoms. The molecule has 0 bridgehead atoms. The summed E-state index contributed by atoms with van der Waals surface area (Å²) in [4.78, 5) is 1.27. The fraction of sp³-hybridized carbons (Fsp3) is 0. The molecule has 0 atom stereocenters. The van der Waals surface area contributed by atoms with Crippen LogP contribution < -0.4 is 4.40 Å². The van der Waals surface area contributed by atoms with Gasteiger partial charge in [0.15, 0.2) is 0 Å². The molecule has 2 aromatic heterocycles. The summed E-state index contributed by atoms with van der Waals surface area (Å²) in [6, 6.07) is 21.4. The lowest BCUT2D eigenvalue weighted by atomic mass is 10.1. The zero-order valence-electron chi connectivity index (χ0n) is 10.6. The Balaban J connectivity index is 2.09. The highest BCUT2D eigenvalue weighted by atomic mass is 79.9. The summed E-state index contributed by atoms with van der Waals surface area (Å²) in [5.74, 6) is 0. The van der Waals surface area contributed by atoms with Gasteiger partial charge in [-0.3, -0.25) is 0 Å². The number of rotatable bonds is 1. The van der Waals surface area contributed by atoms with Crippen molar-refractivity contribution in [2.24, 2.45) is 0 Å². The van der Waals surface area contributed by atoms with Crippen LogP contribution in [0.5, 0.6) is 0 Å². The Morgan fingerprint density at radius 2 is 1.65 bits per heavy atom. The Labute approximate surface area is 129 Å². The maximum atomic E-state index is 3.49. The topological polar surface area (TPSA) is 4.10 Å². The maximum Gasteiger partial charge on any atom is 0.268 e. The van der Waals surface area contributed by atoms with Crippen LogP contribution in [0.1, 0.15) is 0 Å². The van der Waals surface area contributed by atoms with Crippen LogP contribution in [0.15, 0.2) is 70.5 Å². The number of thiazole rings is 1. The van der Waals surface area contributed by atoms with Crippen LogP contribution in [0.25, 0.3) is 27.0 Å². The normalized spacial score (nSPS) is 11.2. The molecule has 0 radical (unpaired) electrons. The maximum absolute atomic E-state index is 3.49. The quantitative estimate of drug-likeness (QED) is 0.426. The van der Waals surface area contributed by atoms with Gasteiger partial charge < -0.3 is 0 Å². The Bertz CT molecular complexity index is 909. The minimum Gasteiger partial charge on any atom is -0.143 e. The van der Waals surface area contributed by atoms with Crippen molar-refractivity contribution < 1.29 is 4.40 Å². The van der Waals surface area contributed by atoms with E-state index >= 15 is 0 Å². The molecule has 2 aromatic carbocycles. The molecule has 0 amide bonds. The van der Waals surface area contributed by atoms with Crippen molar-refractivity contribution in [3.63, 3.8) is 0 Å². The highest BCUT2D eigenvalue weighted by molar-refractivity contribution is 9.10. The van der Waals surface area contributed by atoms with Gasteiger partial charge in [-0.25, -0.2) is 0 Å². The molecule has 1 nitrogen and oxygen atoms in total. The average molecular weight is 341 g/mol. The van der Waals surface area contributed by atoms with Crippen molar-refractivity contribution in [1.82, 2.24) is 0 Å². The molecule has 0 aliphatic rings. The number of para-hydroxylation sites is 1. The van der Waals surface area contributed by atoms with Gasteiger partial charge in [0, 0.05) is 27.6 Å². The van der Waals surface area contributed by atoms with E-state index < -0.39 is 0 Å². The van der Waals surface area contributed by atoms with Crippen molar-refractivity contribution in [3.8, 4) is 11.3 Å². The van der Waals surface area contributed by atoms with Crippen LogP contribution in [-0.2, 0) is 0 Å². The zero-order chi connectivity index (χ0) is 13.5. The average Bonchev–Trinajstić information content (AvgIpc) is 2.92. The largest absolute Gasteiger partial charge is 0.268 e. The lowest BCUT2D eigenvalue weighted by molar-refractivity contribution is -0.464. The number of hydrogen-bond acceptors (Lipinski definition) is 1. The lowest BCUT2D eigenvalue weighted by Gasteiger charge is -1.98. The molecule has 0 N–H and O–H groups in total. The van der Waals surface area contributed by atoms with E-state index in [9.17, 15) is 0 Å². The first-order valence-electron chi connectivity index (χ1n) is 6.40. The van der Waals surface area contributed by atoms with E-state index in [4.69, 9.17) is 0 Å². The smallest absolute Gasteiger partial charge is 0.143 e. The highest BCUT2D eigenvalue weighted by Gasteiger charge is 2.18. The summed E-state index contributed by atoms with van der Waals surface area (Å²) in [6.07, 6.45) is 0. The lowest BCUT2D eigenvalue weighted by Crippen LogP contribution is -2.22. The molecular weight excluding hydrogens is 330 g/mol. The molecule has 2 heterocycles. The van der Waals surface area contributed by atoms with E-state index in [1.54, 1.807) is 11.3 Å². The monoisotopic (exact) mass is 340 g/mol. The zero-order valence-corrected chi connectivity index (χ0v) is 13.0. The Kier molecular flexibility index (Phi) is 2.83. The molecule has 0 saturated carbocycles. The van der Waals surface area contributed by atoms with Gasteiger partial charge in [-0.2, -0.15) is 0 Å². The minimum atomic E-state index is 1.11. The Morgan fingerprint density at radius 1 is 0.850 bits per heavy atom. The highest BCUT2D eigenvalue weighted by Crippen LogP contribution is 2.25. The second-order valence-corrected chi connectivity index (χ2v) is 6.50. The van der Waals surface area contributed by atoms with E-state index in [1.807, 2.05) is 0 Å². The fourth-order valence-corrected chi connectivity index (χ4v) is 3.70. The Hall–Kier alpha value is -1.71. The second-order valence-electron chi connectivity index (χ2n) is 4.69. The molecule has 20 heavy (non-hydrogen) atoms. The summed E-state index contributed by atoms with van der Waals surface area (Å²) in [7, 11) is 0. The predicted molar refractivity (Wildman–Crippen MR) is 88.1 cm³/mol. The first kappa shape index (κ1) is 12.1. The molecule has 4 aromatic rings. The van der Waals surface area contributed by atoms with E-state index in [1.165, 1.54) is 27.0 Å². The summed E-state index contributed by atoms with van der Waals surface area (Å²) in [6.45, 7) is 0. The molecule has 0 aliphatic heterocycles. The number of benzene rings is 2.